The van der Waals surface area contributed by atoms with Crippen molar-refractivity contribution in [1.29, 1.82) is 0 Å². The van der Waals surface area contributed by atoms with Crippen molar-refractivity contribution in [2.45, 2.75) is 18.4 Å². The molecule has 0 aromatic heterocycles. The standard InChI is InChI=1S/C8H22N2O3Si/c1-11-14(12-2,13-3)8(4-6-9)5-7-10/h8H,4-7,9-10H2,1-3H3. The molecular formula is C8H22N2O3Si. The number of rotatable bonds is 8. The highest BCUT2D eigenvalue weighted by atomic mass is 28.4. The zero-order valence-electron chi connectivity index (χ0n) is 9.29. The first-order valence-electron chi connectivity index (χ1n) is 4.76. The van der Waals surface area contributed by atoms with Crippen LogP contribution >= 0.6 is 0 Å². The summed E-state index contributed by atoms with van der Waals surface area (Å²) in [4.78, 5) is 0. The third-order valence-corrected chi connectivity index (χ3v) is 5.67. The van der Waals surface area contributed by atoms with E-state index >= 15 is 0 Å². The third-order valence-electron chi connectivity index (χ3n) is 2.38. The monoisotopic (exact) mass is 222 g/mol. The first-order chi connectivity index (χ1) is 6.70. The quantitative estimate of drug-likeness (QED) is 0.562. The van der Waals surface area contributed by atoms with E-state index in [1.165, 1.54) is 0 Å². The molecular weight excluding hydrogens is 200 g/mol. The van der Waals surface area contributed by atoms with Gasteiger partial charge in [0.05, 0.1) is 0 Å². The van der Waals surface area contributed by atoms with Gasteiger partial charge in [0.2, 0.25) is 0 Å². The molecule has 0 aliphatic rings. The Morgan fingerprint density at radius 3 is 1.50 bits per heavy atom. The molecule has 0 amide bonds. The van der Waals surface area contributed by atoms with Crippen molar-refractivity contribution in [2.75, 3.05) is 34.4 Å². The summed E-state index contributed by atoms with van der Waals surface area (Å²) < 4.78 is 16.2. The smallest absolute Gasteiger partial charge is 0.377 e. The fourth-order valence-electron chi connectivity index (χ4n) is 1.65. The molecule has 5 nitrogen and oxygen atoms in total. The lowest BCUT2D eigenvalue weighted by Gasteiger charge is -2.32. The summed E-state index contributed by atoms with van der Waals surface area (Å²) in [6.45, 7) is 1.19. The maximum Gasteiger partial charge on any atom is 0.503 e. The molecule has 0 saturated heterocycles. The maximum absolute atomic E-state index is 5.54. The molecule has 0 fully saturated rings. The van der Waals surface area contributed by atoms with Gasteiger partial charge in [-0.1, -0.05) is 0 Å². The van der Waals surface area contributed by atoms with Crippen LogP contribution in [0.2, 0.25) is 5.54 Å². The van der Waals surface area contributed by atoms with Gasteiger partial charge in [-0.3, -0.25) is 0 Å². The van der Waals surface area contributed by atoms with Crippen molar-refractivity contribution in [3.8, 4) is 0 Å². The van der Waals surface area contributed by atoms with Crippen LogP contribution in [0.25, 0.3) is 0 Å². The molecule has 0 aliphatic heterocycles. The van der Waals surface area contributed by atoms with Crippen molar-refractivity contribution in [3.63, 3.8) is 0 Å². The van der Waals surface area contributed by atoms with E-state index in [0.29, 0.717) is 13.1 Å². The van der Waals surface area contributed by atoms with Crippen molar-refractivity contribution in [3.05, 3.63) is 0 Å². The zero-order valence-corrected chi connectivity index (χ0v) is 10.3. The molecule has 6 heteroatoms. The van der Waals surface area contributed by atoms with Gasteiger partial charge in [-0.25, -0.2) is 0 Å². The van der Waals surface area contributed by atoms with Crippen molar-refractivity contribution >= 4 is 8.80 Å². The number of hydrogen-bond acceptors (Lipinski definition) is 5. The van der Waals surface area contributed by atoms with Crippen LogP contribution in [0.1, 0.15) is 12.8 Å². The highest BCUT2D eigenvalue weighted by Crippen LogP contribution is 2.29. The molecule has 0 atom stereocenters. The first-order valence-corrected chi connectivity index (χ1v) is 6.56. The summed E-state index contributed by atoms with van der Waals surface area (Å²) in [6, 6.07) is 0. The number of nitrogens with two attached hydrogens (primary N) is 2. The van der Waals surface area contributed by atoms with E-state index in [4.69, 9.17) is 24.7 Å². The van der Waals surface area contributed by atoms with Gasteiger partial charge in [-0.05, 0) is 25.9 Å². The van der Waals surface area contributed by atoms with Gasteiger partial charge in [0.1, 0.15) is 0 Å². The molecule has 0 aromatic rings. The lowest BCUT2D eigenvalue weighted by Crippen LogP contribution is -2.48. The molecule has 0 saturated carbocycles. The van der Waals surface area contributed by atoms with E-state index in [9.17, 15) is 0 Å². The normalized spacial score (nSPS) is 12.4. The first kappa shape index (κ1) is 14.0. The van der Waals surface area contributed by atoms with Crippen LogP contribution in [0.3, 0.4) is 0 Å². The summed E-state index contributed by atoms with van der Waals surface area (Å²) in [5, 5.41) is 0. The maximum atomic E-state index is 5.54. The molecule has 0 aromatic carbocycles. The Morgan fingerprint density at radius 1 is 0.929 bits per heavy atom. The van der Waals surface area contributed by atoms with Gasteiger partial charge in [0, 0.05) is 26.9 Å². The Bertz CT molecular complexity index is 130. The van der Waals surface area contributed by atoms with Gasteiger partial charge < -0.3 is 24.7 Å². The molecule has 4 N–H and O–H groups in total. The van der Waals surface area contributed by atoms with Crippen LogP contribution in [-0.2, 0) is 13.3 Å². The molecule has 14 heavy (non-hydrogen) atoms. The van der Waals surface area contributed by atoms with E-state index in [1.54, 1.807) is 21.3 Å². The molecule has 86 valence electrons. The third kappa shape index (κ3) is 3.30. The Kier molecular flexibility index (Phi) is 7.34. The van der Waals surface area contributed by atoms with E-state index in [2.05, 4.69) is 0 Å². The fraction of sp³-hybridized carbons (Fsp3) is 1.00. The average Bonchev–Trinajstić information content (AvgIpc) is 2.22. The van der Waals surface area contributed by atoms with Crippen molar-refractivity contribution < 1.29 is 13.3 Å². The molecule has 0 heterocycles. The minimum Gasteiger partial charge on any atom is -0.377 e. The predicted molar refractivity (Wildman–Crippen MR) is 57.9 cm³/mol. The van der Waals surface area contributed by atoms with E-state index in [0.717, 1.165) is 12.8 Å². The van der Waals surface area contributed by atoms with Crippen LogP contribution in [-0.4, -0.2) is 43.2 Å². The fourth-order valence-corrected chi connectivity index (χ4v) is 4.19. The highest BCUT2D eigenvalue weighted by molar-refractivity contribution is 6.62. The van der Waals surface area contributed by atoms with Crippen LogP contribution in [0.4, 0.5) is 0 Å². The predicted octanol–water partition coefficient (Wildman–Crippen LogP) is -0.0677. The minimum atomic E-state index is -2.55. The SMILES string of the molecule is CO[Si](OC)(OC)C(CCN)CCN. The molecule has 0 aliphatic carbocycles. The molecule has 0 unspecified atom stereocenters. The average molecular weight is 222 g/mol. The Hall–Kier alpha value is 0.0169. The van der Waals surface area contributed by atoms with Crippen LogP contribution in [0.5, 0.6) is 0 Å². The molecule has 0 spiro atoms. The van der Waals surface area contributed by atoms with Crippen molar-refractivity contribution in [1.82, 2.24) is 0 Å². The zero-order chi connectivity index (χ0) is 11.0. The van der Waals surface area contributed by atoms with Crippen molar-refractivity contribution in [2.24, 2.45) is 11.5 Å². The largest absolute Gasteiger partial charge is 0.503 e. The Balaban J connectivity index is 4.52. The highest BCUT2D eigenvalue weighted by Gasteiger charge is 2.46. The summed E-state index contributed by atoms with van der Waals surface area (Å²) in [5.41, 5.74) is 11.3. The summed E-state index contributed by atoms with van der Waals surface area (Å²) >= 11 is 0. The van der Waals surface area contributed by atoms with Gasteiger partial charge in [-0.2, -0.15) is 0 Å². The van der Waals surface area contributed by atoms with Gasteiger partial charge in [-0.15, -0.1) is 0 Å². The van der Waals surface area contributed by atoms with Gasteiger partial charge in [0.15, 0.2) is 0 Å². The Labute approximate surface area is 87.1 Å². The molecule has 0 rings (SSSR count). The van der Waals surface area contributed by atoms with E-state index in [-0.39, 0.29) is 5.54 Å². The van der Waals surface area contributed by atoms with Gasteiger partial charge >= 0.3 is 8.80 Å². The summed E-state index contributed by atoms with van der Waals surface area (Å²) in [5.74, 6) is 0. The Morgan fingerprint density at radius 2 is 1.29 bits per heavy atom. The minimum absolute atomic E-state index is 0.192. The van der Waals surface area contributed by atoms with E-state index < -0.39 is 8.80 Å². The topological polar surface area (TPSA) is 79.7 Å². The second-order valence-electron chi connectivity index (χ2n) is 3.07. The lowest BCUT2D eigenvalue weighted by molar-refractivity contribution is 0.108. The lowest BCUT2D eigenvalue weighted by atomic mass is 10.2. The van der Waals surface area contributed by atoms with Crippen LogP contribution in [0, 0.1) is 0 Å². The van der Waals surface area contributed by atoms with E-state index in [1.807, 2.05) is 0 Å². The van der Waals surface area contributed by atoms with Crippen LogP contribution < -0.4 is 11.5 Å². The summed E-state index contributed by atoms with van der Waals surface area (Å²) in [7, 11) is 2.28. The molecule has 0 bridgehead atoms. The molecule has 0 radical (unpaired) electrons. The summed E-state index contributed by atoms with van der Waals surface area (Å²) in [6.07, 6.45) is 1.64. The second kappa shape index (κ2) is 7.33. The second-order valence-corrected chi connectivity index (χ2v) is 6.32. The number of hydrogen-bond donors (Lipinski definition) is 2. The van der Waals surface area contributed by atoms with Crippen LogP contribution in [0.15, 0.2) is 0 Å². The van der Waals surface area contributed by atoms with Gasteiger partial charge in [0.25, 0.3) is 0 Å².